The van der Waals surface area contributed by atoms with Crippen molar-refractivity contribution in [2.75, 3.05) is 14.2 Å². The molecule has 8 heteroatoms. The molecule has 0 aliphatic carbocycles. The third-order valence-corrected chi connectivity index (χ3v) is 4.63. The number of methoxy groups -OCH3 is 1. The minimum Gasteiger partial charge on any atom is -0.468 e. The monoisotopic (exact) mass is 420 g/mol. The number of ether oxygens (including phenoxy) is 1. The molecule has 2 aromatic carbocycles. The first kappa shape index (κ1) is 23.4. The molecule has 0 saturated heterocycles. The first-order valence-electron chi connectivity index (χ1n) is 9.29. The Labute approximate surface area is 174 Å². The van der Waals surface area contributed by atoms with Crippen molar-refractivity contribution in [2.45, 2.75) is 39.3 Å². The lowest BCUT2D eigenvalue weighted by Gasteiger charge is -2.19. The second-order valence-electron chi connectivity index (χ2n) is 6.84. The number of hydroxylamine groups is 1. The molecule has 0 fully saturated rings. The van der Waals surface area contributed by atoms with Crippen LogP contribution in [0.1, 0.15) is 47.7 Å². The molecule has 0 heterocycles. The van der Waals surface area contributed by atoms with Crippen LogP contribution in [0.3, 0.4) is 0 Å². The van der Waals surface area contributed by atoms with E-state index >= 15 is 0 Å². The fourth-order valence-corrected chi connectivity index (χ4v) is 2.93. The molecule has 0 saturated carbocycles. The molecule has 6 nitrogen and oxygen atoms in total. The summed E-state index contributed by atoms with van der Waals surface area (Å²) in [5.74, 6) is -3.45. The van der Waals surface area contributed by atoms with Gasteiger partial charge in [0.2, 0.25) is 0 Å². The Balaban J connectivity index is 2.24. The van der Waals surface area contributed by atoms with Crippen molar-refractivity contribution in [1.82, 2.24) is 5.48 Å². The molecule has 2 rings (SSSR count). The number of alkyl halides is 2. The van der Waals surface area contributed by atoms with Gasteiger partial charge in [-0.25, -0.2) is 13.6 Å². The highest BCUT2D eigenvalue weighted by Gasteiger charge is 2.26. The number of halogens is 2. The van der Waals surface area contributed by atoms with Gasteiger partial charge in [-0.15, -0.1) is 0 Å². The van der Waals surface area contributed by atoms with Gasteiger partial charge in [-0.05, 0) is 36.6 Å². The van der Waals surface area contributed by atoms with E-state index in [0.29, 0.717) is 16.8 Å². The molecule has 0 radical (unpaired) electrons. The van der Waals surface area contributed by atoms with Gasteiger partial charge >= 0.3 is 5.97 Å². The largest absolute Gasteiger partial charge is 0.468 e. The van der Waals surface area contributed by atoms with Crippen LogP contribution in [0, 0.1) is 6.92 Å². The van der Waals surface area contributed by atoms with Crippen LogP contribution in [0.25, 0.3) is 0 Å². The summed E-state index contributed by atoms with van der Waals surface area (Å²) in [6.45, 7) is 4.48. The zero-order valence-corrected chi connectivity index (χ0v) is 17.7. The summed E-state index contributed by atoms with van der Waals surface area (Å²) < 4.78 is 32.0. The molecule has 30 heavy (non-hydrogen) atoms. The number of benzene rings is 2. The molecule has 0 aliphatic heterocycles. The van der Waals surface area contributed by atoms with Crippen molar-refractivity contribution in [1.29, 1.82) is 0 Å². The number of rotatable bonds is 9. The van der Waals surface area contributed by atoms with E-state index in [9.17, 15) is 13.6 Å². The molecule has 1 unspecified atom stereocenters. The molecular weight excluding hydrogens is 394 g/mol. The van der Waals surface area contributed by atoms with Gasteiger partial charge in [0.1, 0.15) is 6.61 Å². The van der Waals surface area contributed by atoms with E-state index in [2.05, 4.69) is 10.6 Å². The zero-order valence-electron chi connectivity index (χ0n) is 17.7. The first-order chi connectivity index (χ1) is 14.2. The Morgan fingerprint density at radius 3 is 2.53 bits per heavy atom. The van der Waals surface area contributed by atoms with Crippen LogP contribution in [0.15, 0.2) is 47.6 Å². The fraction of sp³-hybridized carbons (Fsp3) is 0.364. The number of carbonyl (C=O) groups excluding carboxylic acids is 1. The Kier molecular flexibility index (Phi) is 8.02. The van der Waals surface area contributed by atoms with E-state index in [0.717, 1.165) is 18.1 Å². The summed E-state index contributed by atoms with van der Waals surface area (Å²) in [5, 5.41) is 4.07. The van der Waals surface area contributed by atoms with Crippen LogP contribution < -0.4 is 5.48 Å². The van der Waals surface area contributed by atoms with Crippen molar-refractivity contribution in [3.8, 4) is 0 Å². The van der Waals surface area contributed by atoms with Gasteiger partial charge in [0.15, 0.2) is 6.04 Å². The van der Waals surface area contributed by atoms with Crippen LogP contribution in [-0.4, -0.2) is 25.9 Å². The van der Waals surface area contributed by atoms with Gasteiger partial charge in [0.25, 0.3) is 5.92 Å². The van der Waals surface area contributed by atoms with Crippen LogP contribution in [0.2, 0.25) is 0 Å². The number of hydrogen-bond acceptors (Lipinski definition) is 6. The van der Waals surface area contributed by atoms with E-state index < -0.39 is 17.9 Å². The summed E-state index contributed by atoms with van der Waals surface area (Å²) in [7, 11) is 2.70. The van der Waals surface area contributed by atoms with E-state index in [4.69, 9.17) is 14.4 Å². The van der Waals surface area contributed by atoms with Crippen molar-refractivity contribution >= 4 is 11.7 Å². The minimum atomic E-state index is -2.94. The molecule has 0 aromatic heterocycles. The van der Waals surface area contributed by atoms with E-state index in [1.165, 1.54) is 26.4 Å². The molecule has 1 N–H and O–H groups in total. The third kappa shape index (κ3) is 5.84. The third-order valence-electron chi connectivity index (χ3n) is 4.63. The Morgan fingerprint density at radius 2 is 1.90 bits per heavy atom. The van der Waals surface area contributed by atoms with Gasteiger partial charge in [0.05, 0.1) is 19.9 Å². The summed E-state index contributed by atoms with van der Waals surface area (Å²) in [6.07, 6.45) is 0. The lowest BCUT2D eigenvalue weighted by Crippen LogP contribution is -2.30. The predicted molar refractivity (Wildman–Crippen MR) is 109 cm³/mol. The number of nitrogens with zero attached hydrogens (tertiary/aromatic N) is 1. The molecule has 0 spiro atoms. The zero-order chi connectivity index (χ0) is 22.3. The second-order valence-corrected chi connectivity index (χ2v) is 6.84. The van der Waals surface area contributed by atoms with Crippen LogP contribution in [0.5, 0.6) is 0 Å². The standard InChI is InChI=1S/C22H26F2N2O4/c1-14-8-6-11-18(20(26-29-5)21(27)28-4)19(14)13-30-25-15(2)16-9-7-10-17(12-16)22(3,23)24/h6-12,20,26H,13H2,1-5H3/b25-15+. The molecule has 0 bridgehead atoms. The van der Waals surface area contributed by atoms with E-state index in [-0.39, 0.29) is 12.2 Å². The average Bonchev–Trinajstić information content (AvgIpc) is 2.72. The maximum absolute atomic E-state index is 13.6. The van der Waals surface area contributed by atoms with Crippen molar-refractivity contribution in [3.63, 3.8) is 0 Å². The maximum atomic E-state index is 13.6. The summed E-state index contributed by atoms with van der Waals surface area (Å²) >= 11 is 0. The average molecular weight is 420 g/mol. The lowest BCUT2D eigenvalue weighted by molar-refractivity contribution is -0.147. The quantitative estimate of drug-likeness (QED) is 0.370. The highest BCUT2D eigenvalue weighted by molar-refractivity contribution is 5.98. The van der Waals surface area contributed by atoms with E-state index in [1.807, 2.05) is 19.1 Å². The van der Waals surface area contributed by atoms with Crippen LogP contribution in [-0.2, 0) is 31.7 Å². The number of aryl methyl sites for hydroxylation is 1. The fourth-order valence-electron chi connectivity index (χ4n) is 2.93. The Bertz CT molecular complexity index is 910. The van der Waals surface area contributed by atoms with Crippen molar-refractivity contribution in [3.05, 3.63) is 70.3 Å². The number of hydrogen-bond donors (Lipinski definition) is 1. The molecule has 162 valence electrons. The van der Waals surface area contributed by atoms with Gasteiger partial charge in [-0.2, -0.15) is 5.48 Å². The lowest BCUT2D eigenvalue weighted by atomic mass is 9.97. The second kappa shape index (κ2) is 10.3. The molecular formula is C22H26F2N2O4. The normalized spacial score (nSPS) is 13.1. The van der Waals surface area contributed by atoms with E-state index in [1.54, 1.807) is 25.1 Å². The summed E-state index contributed by atoms with van der Waals surface area (Å²) in [6, 6.07) is 10.6. The SMILES string of the molecule is CONC(C(=O)OC)c1cccc(C)c1CO/N=C(\C)c1cccc(C(C)(F)F)c1. The van der Waals surface area contributed by atoms with Gasteiger partial charge in [0, 0.05) is 18.1 Å². The Hall–Kier alpha value is -2.84. The number of nitrogens with one attached hydrogen (secondary N) is 1. The first-order valence-corrected chi connectivity index (χ1v) is 9.29. The number of esters is 1. The van der Waals surface area contributed by atoms with Gasteiger partial charge in [-0.1, -0.05) is 41.6 Å². The summed E-state index contributed by atoms with van der Waals surface area (Å²) in [4.78, 5) is 22.6. The van der Waals surface area contributed by atoms with Crippen molar-refractivity contribution < 1.29 is 28.0 Å². The molecule has 2 aromatic rings. The molecule has 0 amide bonds. The maximum Gasteiger partial charge on any atom is 0.329 e. The smallest absolute Gasteiger partial charge is 0.329 e. The van der Waals surface area contributed by atoms with Crippen molar-refractivity contribution in [2.24, 2.45) is 5.16 Å². The highest BCUT2D eigenvalue weighted by Crippen LogP contribution is 2.27. The Morgan fingerprint density at radius 1 is 1.20 bits per heavy atom. The summed E-state index contributed by atoms with van der Waals surface area (Å²) in [5.41, 5.74) is 5.78. The molecule has 0 aliphatic rings. The molecule has 1 atom stereocenters. The number of carbonyl (C=O) groups is 1. The highest BCUT2D eigenvalue weighted by atomic mass is 19.3. The minimum absolute atomic E-state index is 0.0713. The van der Waals surface area contributed by atoms with Crippen LogP contribution in [0.4, 0.5) is 8.78 Å². The van der Waals surface area contributed by atoms with Gasteiger partial charge < -0.3 is 14.4 Å². The van der Waals surface area contributed by atoms with Crippen LogP contribution >= 0.6 is 0 Å². The predicted octanol–water partition coefficient (Wildman–Crippen LogP) is 4.41. The van der Waals surface area contributed by atoms with Gasteiger partial charge in [-0.3, -0.25) is 0 Å². The number of oxime groups is 1. The topological polar surface area (TPSA) is 69.2 Å².